The molecule has 30 heavy (non-hydrogen) atoms. The number of hydrogen-bond acceptors (Lipinski definition) is 5. The largest absolute Gasteiger partial charge is 0.477 e. The van der Waals surface area contributed by atoms with Gasteiger partial charge < -0.3 is 4.74 Å². The van der Waals surface area contributed by atoms with Crippen LogP contribution >= 0.6 is 0 Å². The fraction of sp³-hybridized carbons (Fsp3) is 0.273. The minimum absolute atomic E-state index is 0.179. The Kier molecular flexibility index (Phi) is 5.31. The van der Waals surface area contributed by atoms with Gasteiger partial charge in [0.05, 0.1) is 12.2 Å². The van der Waals surface area contributed by atoms with Crippen LogP contribution in [0.3, 0.4) is 0 Å². The molecule has 2 aromatic heterocycles. The van der Waals surface area contributed by atoms with Crippen molar-refractivity contribution in [2.75, 3.05) is 11.5 Å². The first kappa shape index (κ1) is 19.8. The van der Waals surface area contributed by atoms with Gasteiger partial charge >= 0.3 is 0 Å². The highest BCUT2D eigenvalue weighted by molar-refractivity contribution is 6.13. The minimum Gasteiger partial charge on any atom is -0.477 e. The van der Waals surface area contributed by atoms with Crippen molar-refractivity contribution in [2.45, 2.75) is 33.2 Å². The molecule has 0 atom stereocenters. The summed E-state index contributed by atoms with van der Waals surface area (Å²) in [5.41, 5.74) is 2.80. The molecule has 0 radical (unpaired) electrons. The highest BCUT2D eigenvalue weighted by Gasteiger charge is 2.26. The molecular weight excluding hydrogens is 387 g/mol. The summed E-state index contributed by atoms with van der Waals surface area (Å²) in [7, 11) is 0. The number of carbonyl (C=O) groups excluding carboxylic acids is 2. The molecule has 3 aromatic rings. The molecule has 3 heterocycles. The second kappa shape index (κ2) is 8.06. The van der Waals surface area contributed by atoms with Gasteiger partial charge in [-0.2, -0.15) is 5.10 Å². The second-order valence-corrected chi connectivity index (χ2v) is 6.97. The second-order valence-electron chi connectivity index (χ2n) is 6.97. The van der Waals surface area contributed by atoms with Crippen LogP contribution in [0.4, 0.5) is 10.2 Å². The van der Waals surface area contributed by atoms with E-state index in [1.165, 1.54) is 19.1 Å². The average Bonchev–Trinajstić information content (AvgIpc) is 3.13. The molecule has 0 unspecified atom stereocenters. The van der Waals surface area contributed by atoms with Gasteiger partial charge in [-0.1, -0.05) is 6.92 Å². The number of aromatic nitrogens is 3. The molecular formula is C22H21FN4O3. The quantitative estimate of drug-likeness (QED) is 0.656. The lowest BCUT2D eigenvalue weighted by Gasteiger charge is -2.19. The topological polar surface area (TPSA) is 77.3 Å². The van der Waals surface area contributed by atoms with Crippen molar-refractivity contribution in [3.8, 4) is 28.3 Å². The number of imide groups is 1. The number of benzene rings is 1. The number of rotatable bonds is 4. The minimum atomic E-state index is -0.404. The van der Waals surface area contributed by atoms with Crippen LogP contribution in [-0.2, 0) is 16.1 Å². The Morgan fingerprint density at radius 1 is 1.20 bits per heavy atom. The number of fused-ring (bicyclic) bond motifs is 1. The molecule has 154 valence electrons. The van der Waals surface area contributed by atoms with E-state index in [9.17, 15) is 14.0 Å². The van der Waals surface area contributed by atoms with Crippen LogP contribution in [0.25, 0.3) is 22.4 Å². The molecule has 1 aliphatic rings. The van der Waals surface area contributed by atoms with Gasteiger partial charge in [-0.25, -0.2) is 19.0 Å². The number of nitrogens with zero attached hydrogens (tertiary/aromatic N) is 4. The summed E-state index contributed by atoms with van der Waals surface area (Å²) in [5.74, 6) is -0.221. The third kappa shape index (κ3) is 3.56. The lowest BCUT2D eigenvalue weighted by atomic mass is 10.0. The van der Waals surface area contributed by atoms with Gasteiger partial charge in [-0.15, -0.1) is 0 Å². The Bertz CT molecular complexity index is 1110. The van der Waals surface area contributed by atoms with Crippen LogP contribution in [0.2, 0.25) is 0 Å². The van der Waals surface area contributed by atoms with Crippen LogP contribution in [0, 0.1) is 5.82 Å². The lowest BCUT2D eigenvalue weighted by molar-refractivity contribution is -0.125. The number of aryl methyl sites for hydroxylation is 1. The number of halogens is 1. The fourth-order valence-corrected chi connectivity index (χ4v) is 3.52. The molecule has 0 aliphatic carbocycles. The predicted octanol–water partition coefficient (Wildman–Crippen LogP) is 3.82. The van der Waals surface area contributed by atoms with E-state index in [1.807, 2.05) is 0 Å². The van der Waals surface area contributed by atoms with Gasteiger partial charge in [0, 0.05) is 38.1 Å². The molecule has 0 saturated carbocycles. The third-order valence-electron chi connectivity index (χ3n) is 4.91. The maximum atomic E-state index is 13.5. The number of anilines is 1. The molecule has 0 N–H and O–H groups in total. The first-order chi connectivity index (χ1) is 14.5. The van der Waals surface area contributed by atoms with E-state index in [-0.39, 0.29) is 24.0 Å². The maximum Gasteiger partial charge on any atom is 0.234 e. The molecule has 0 bridgehead atoms. The van der Waals surface area contributed by atoms with Gasteiger partial charge in [0.15, 0.2) is 0 Å². The number of amides is 2. The first-order valence-corrected chi connectivity index (χ1v) is 9.79. The van der Waals surface area contributed by atoms with Crippen LogP contribution in [0.15, 0.2) is 42.6 Å². The first-order valence-electron chi connectivity index (χ1n) is 9.79. The van der Waals surface area contributed by atoms with Gasteiger partial charge in [-0.05, 0) is 42.0 Å². The van der Waals surface area contributed by atoms with E-state index < -0.39 is 5.91 Å². The number of carbonyl (C=O) groups is 2. The van der Waals surface area contributed by atoms with E-state index in [2.05, 4.69) is 10.1 Å². The summed E-state index contributed by atoms with van der Waals surface area (Å²) < 4.78 is 21.2. The Hall–Kier alpha value is -3.55. The zero-order valence-electron chi connectivity index (χ0n) is 16.8. The number of ether oxygens (including phenoxy) is 1. The Morgan fingerprint density at radius 3 is 2.67 bits per heavy atom. The van der Waals surface area contributed by atoms with Gasteiger partial charge in [0.2, 0.25) is 17.7 Å². The highest BCUT2D eigenvalue weighted by atomic mass is 19.1. The number of hydrogen-bond donors (Lipinski definition) is 0. The van der Waals surface area contributed by atoms with Crippen molar-refractivity contribution in [2.24, 2.45) is 0 Å². The summed E-state index contributed by atoms with van der Waals surface area (Å²) in [4.78, 5) is 29.7. The van der Waals surface area contributed by atoms with Crippen molar-refractivity contribution in [1.82, 2.24) is 14.8 Å². The molecule has 0 spiro atoms. The van der Waals surface area contributed by atoms with E-state index >= 15 is 0 Å². The zero-order valence-corrected chi connectivity index (χ0v) is 16.8. The third-order valence-corrected chi connectivity index (χ3v) is 4.91. The maximum absolute atomic E-state index is 13.5. The van der Waals surface area contributed by atoms with Crippen molar-refractivity contribution in [1.29, 1.82) is 0 Å². The number of pyridine rings is 1. The lowest BCUT2D eigenvalue weighted by Crippen LogP contribution is -2.35. The van der Waals surface area contributed by atoms with E-state index in [4.69, 9.17) is 4.74 Å². The summed E-state index contributed by atoms with van der Waals surface area (Å²) in [6.45, 7) is 4.29. The van der Waals surface area contributed by atoms with Crippen molar-refractivity contribution in [3.63, 3.8) is 0 Å². The molecule has 1 aliphatic heterocycles. The molecule has 8 heteroatoms. The van der Waals surface area contributed by atoms with E-state index in [0.717, 1.165) is 22.4 Å². The summed E-state index contributed by atoms with van der Waals surface area (Å²) in [6.07, 6.45) is 2.56. The molecule has 7 nitrogen and oxygen atoms in total. The Balaban J connectivity index is 1.88. The molecule has 0 saturated heterocycles. The van der Waals surface area contributed by atoms with Gasteiger partial charge in [-0.3, -0.25) is 9.59 Å². The van der Waals surface area contributed by atoms with Gasteiger partial charge in [0.1, 0.15) is 17.3 Å². The SMILES string of the molecule is CCC(=O)N(C(C)=O)c1cc(-c2c(-c3ccc(F)cc3)nn3c2OCCC3)ccn1. The van der Waals surface area contributed by atoms with E-state index in [0.29, 0.717) is 30.3 Å². The normalized spacial score (nSPS) is 12.8. The predicted molar refractivity (Wildman–Crippen MR) is 109 cm³/mol. The molecule has 0 fully saturated rings. The molecule has 1 aromatic carbocycles. The van der Waals surface area contributed by atoms with E-state index in [1.54, 1.807) is 42.1 Å². The van der Waals surface area contributed by atoms with Gasteiger partial charge in [0.25, 0.3) is 0 Å². The standard InChI is InChI=1S/C22H21FN4O3/c1-3-19(29)27(14(2)28)18-13-16(9-10-24-18)20-21(15-5-7-17(23)8-6-15)25-26-11-4-12-30-22(20)26/h5-10,13H,3-4,11-12H2,1-2H3. The fourth-order valence-electron chi connectivity index (χ4n) is 3.52. The highest BCUT2D eigenvalue weighted by Crippen LogP contribution is 2.41. The summed E-state index contributed by atoms with van der Waals surface area (Å²) >= 11 is 0. The smallest absolute Gasteiger partial charge is 0.234 e. The zero-order chi connectivity index (χ0) is 21.3. The summed E-state index contributed by atoms with van der Waals surface area (Å²) in [6, 6.07) is 9.55. The van der Waals surface area contributed by atoms with Crippen LogP contribution in [0.5, 0.6) is 5.88 Å². The Labute approximate surface area is 173 Å². The monoisotopic (exact) mass is 408 g/mol. The molecule has 2 amide bonds. The summed E-state index contributed by atoms with van der Waals surface area (Å²) in [5, 5.41) is 4.69. The molecule has 4 rings (SSSR count). The van der Waals surface area contributed by atoms with Crippen LogP contribution in [0.1, 0.15) is 26.7 Å². The van der Waals surface area contributed by atoms with Crippen LogP contribution in [-0.4, -0.2) is 33.2 Å². The Morgan fingerprint density at radius 2 is 1.97 bits per heavy atom. The van der Waals surface area contributed by atoms with Crippen molar-refractivity contribution >= 4 is 17.6 Å². The van der Waals surface area contributed by atoms with Crippen molar-refractivity contribution in [3.05, 3.63) is 48.4 Å². The van der Waals surface area contributed by atoms with Crippen LogP contribution < -0.4 is 9.64 Å². The van der Waals surface area contributed by atoms with Crippen molar-refractivity contribution < 1.29 is 18.7 Å². The average molecular weight is 408 g/mol.